The molecule has 0 spiro atoms. The minimum atomic E-state index is -4.57. The largest absolute Gasteiger partial charge is 0.441 e. The van der Waals surface area contributed by atoms with Crippen molar-refractivity contribution in [1.82, 2.24) is 29.3 Å². The van der Waals surface area contributed by atoms with Gasteiger partial charge in [-0.3, -0.25) is 4.90 Å². The molecule has 1 saturated carbocycles. The van der Waals surface area contributed by atoms with Crippen LogP contribution in [-0.2, 0) is 12.7 Å². The second-order valence-corrected chi connectivity index (χ2v) is 11.4. The molecule has 0 bridgehead atoms. The maximum absolute atomic E-state index is 14.0. The number of aromatic nitrogens is 4. The number of amides is 2. The van der Waals surface area contributed by atoms with Crippen LogP contribution in [0.4, 0.5) is 35.2 Å². The van der Waals surface area contributed by atoms with E-state index in [2.05, 4.69) is 35.1 Å². The quantitative estimate of drug-likeness (QED) is 0.229. The van der Waals surface area contributed by atoms with Crippen molar-refractivity contribution in [2.75, 3.05) is 49.6 Å². The summed E-state index contributed by atoms with van der Waals surface area (Å²) in [5.74, 6) is 0.343. The van der Waals surface area contributed by atoms with Crippen LogP contribution < -0.4 is 16.4 Å². The number of benzene rings is 2. The molecule has 5 aromatic rings. The fourth-order valence-corrected chi connectivity index (χ4v) is 5.80. The van der Waals surface area contributed by atoms with Gasteiger partial charge < -0.3 is 30.3 Å². The number of carbonyl (C=O) groups is 1. The number of anilines is 3. The molecule has 14 heteroatoms. The van der Waals surface area contributed by atoms with Gasteiger partial charge in [0.1, 0.15) is 23.3 Å². The summed E-state index contributed by atoms with van der Waals surface area (Å²) >= 11 is 0. The lowest BCUT2D eigenvalue weighted by molar-refractivity contribution is -0.138. The Morgan fingerprint density at radius 3 is 2.59 bits per heavy atom. The van der Waals surface area contributed by atoms with Crippen LogP contribution in [0.3, 0.4) is 0 Å². The number of nitrogen functional groups attached to an aromatic ring is 1. The lowest BCUT2D eigenvalue weighted by Gasteiger charge is -2.33. The standard InChI is InChI=1S/C30H30F3N9O2/c1-40-8-10-41(11-9-40)13-17-2-3-18(12-22(17)30(31,32)33)38-29(43)39-23-7-6-20(25-26(23)44-16-37-25)21-14-42(19-4-5-19)28-24(21)27(34)35-15-36-28/h2-3,6-7,12,14-16,19H,4-5,8-11,13H2,1H3,(H2,34,35,36)(H2,38,39,43). The first-order valence-electron chi connectivity index (χ1n) is 14.3. The number of nitrogens with one attached hydrogen (secondary N) is 2. The van der Waals surface area contributed by atoms with E-state index >= 15 is 0 Å². The van der Waals surface area contributed by atoms with Gasteiger partial charge in [-0.2, -0.15) is 13.2 Å². The van der Waals surface area contributed by atoms with Crippen LogP contribution in [0.5, 0.6) is 0 Å². The van der Waals surface area contributed by atoms with Crippen molar-refractivity contribution in [3.8, 4) is 11.1 Å². The number of alkyl halides is 3. The first kappa shape index (κ1) is 28.1. The maximum Gasteiger partial charge on any atom is 0.416 e. The highest BCUT2D eigenvalue weighted by Gasteiger charge is 2.34. The number of halogens is 3. The smallest absolute Gasteiger partial charge is 0.416 e. The van der Waals surface area contributed by atoms with Crippen molar-refractivity contribution in [2.45, 2.75) is 31.6 Å². The van der Waals surface area contributed by atoms with E-state index in [0.29, 0.717) is 47.1 Å². The Hall–Kier alpha value is -4.69. The van der Waals surface area contributed by atoms with Crippen LogP contribution in [0.1, 0.15) is 30.0 Å². The van der Waals surface area contributed by atoms with Crippen LogP contribution in [0.2, 0.25) is 0 Å². The molecule has 2 amide bonds. The van der Waals surface area contributed by atoms with Crippen molar-refractivity contribution in [3.05, 3.63) is 60.4 Å². The van der Waals surface area contributed by atoms with Crippen LogP contribution in [-0.4, -0.2) is 68.6 Å². The molecule has 1 aliphatic carbocycles. The molecule has 3 aromatic heterocycles. The van der Waals surface area contributed by atoms with Crippen LogP contribution in [0.15, 0.2) is 53.7 Å². The first-order chi connectivity index (χ1) is 21.2. The Balaban J connectivity index is 1.13. The van der Waals surface area contributed by atoms with Crippen molar-refractivity contribution in [2.24, 2.45) is 0 Å². The Morgan fingerprint density at radius 2 is 1.84 bits per heavy atom. The molecule has 2 fully saturated rings. The summed E-state index contributed by atoms with van der Waals surface area (Å²) in [6, 6.07) is 6.94. The molecule has 0 unspecified atom stereocenters. The molecule has 1 saturated heterocycles. The maximum atomic E-state index is 14.0. The number of hydrogen-bond acceptors (Lipinski definition) is 8. The van der Waals surface area contributed by atoms with Crippen molar-refractivity contribution >= 4 is 45.4 Å². The molecule has 228 valence electrons. The van der Waals surface area contributed by atoms with Crippen LogP contribution >= 0.6 is 0 Å². The Bertz CT molecular complexity index is 1870. The lowest BCUT2D eigenvalue weighted by atomic mass is 10.0. The molecule has 2 aliphatic rings. The monoisotopic (exact) mass is 605 g/mol. The molecule has 11 nitrogen and oxygen atoms in total. The third kappa shape index (κ3) is 5.30. The third-order valence-electron chi connectivity index (χ3n) is 8.26. The summed E-state index contributed by atoms with van der Waals surface area (Å²) in [7, 11) is 1.99. The highest BCUT2D eigenvalue weighted by Crippen LogP contribution is 2.44. The predicted molar refractivity (Wildman–Crippen MR) is 160 cm³/mol. The van der Waals surface area contributed by atoms with Crippen molar-refractivity contribution in [1.29, 1.82) is 0 Å². The Kier molecular flexibility index (Phi) is 6.89. The molecule has 44 heavy (non-hydrogen) atoms. The summed E-state index contributed by atoms with van der Waals surface area (Å²) < 4.78 is 49.8. The van der Waals surface area contributed by atoms with Gasteiger partial charge in [-0.1, -0.05) is 6.07 Å². The third-order valence-corrected chi connectivity index (χ3v) is 8.26. The minimum absolute atomic E-state index is 0.0192. The number of piperazine rings is 1. The van der Waals surface area contributed by atoms with Gasteiger partial charge in [-0.05, 0) is 49.7 Å². The first-order valence-corrected chi connectivity index (χ1v) is 14.3. The van der Waals surface area contributed by atoms with Gasteiger partial charge >= 0.3 is 12.2 Å². The molecular weight excluding hydrogens is 575 g/mol. The van der Waals surface area contributed by atoms with Gasteiger partial charge in [0.05, 0.1) is 16.6 Å². The van der Waals surface area contributed by atoms with Gasteiger partial charge in [0, 0.05) is 61.8 Å². The summed E-state index contributed by atoms with van der Waals surface area (Å²) in [6.07, 6.45) is 2.22. The topological polar surface area (TPSA) is 130 Å². The average molecular weight is 606 g/mol. The molecule has 0 atom stereocenters. The van der Waals surface area contributed by atoms with E-state index < -0.39 is 17.8 Å². The van der Waals surface area contributed by atoms with Crippen LogP contribution in [0.25, 0.3) is 33.3 Å². The lowest BCUT2D eigenvalue weighted by Crippen LogP contribution is -2.44. The van der Waals surface area contributed by atoms with E-state index in [-0.39, 0.29) is 17.8 Å². The zero-order chi connectivity index (χ0) is 30.6. The van der Waals surface area contributed by atoms with Crippen molar-refractivity contribution < 1.29 is 22.4 Å². The number of fused-ring (bicyclic) bond motifs is 2. The van der Waals surface area contributed by atoms with E-state index in [9.17, 15) is 18.0 Å². The van der Waals surface area contributed by atoms with Crippen molar-refractivity contribution in [3.63, 3.8) is 0 Å². The van der Waals surface area contributed by atoms with Gasteiger partial charge in [0.15, 0.2) is 12.0 Å². The number of hydrogen-bond donors (Lipinski definition) is 3. The molecule has 4 heterocycles. The number of nitrogens with zero attached hydrogens (tertiary/aromatic N) is 6. The zero-order valence-corrected chi connectivity index (χ0v) is 23.9. The van der Waals surface area contributed by atoms with Crippen LogP contribution in [0, 0.1) is 0 Å². The Labute approximate surface area is 249 Å². The molecule has 0 radical (unpaired) electrons. The summed E-state index contributed by atoms with van der Waals surface area (Å²) in [5.41, 5.74) is 9.01. The highest BCUT2D eigenvalue weighted by atomic mass is 19.4. The fourth-order valence-electron chi connectivity index (χ4n) is 5.80. The second-order valence-electron chi connectivity index (χ2n) is 11.4. The number of likely N-dealkylation sites (N-methyl/N-ethyl adjacent to an activating group) is 1. The summed E-state index contributed by atoms with van der Waals surface area (Å²) in [6.45, 7) is 3.16. The Morgan fingerprint density at radius 1 is 1.05 bits per heavy atom. The summed E-state index contributed by atoms with van der Waals surface area (Å²) in [4.78, 5) is 30.2. The van der Waals surface area contributed by atoms with Gasteiger partial charge in [-0.15, -0.1) is 0 Å². The highest BCUT2D eigenvalue weighted by molar-refractivity contribution is 6.10. The number of carbonyl (C=O) groups excluding carboxylic acids is 1. The molecule has 2 aromatic carbocycles. The molecular formula is C30H30F3N9O2. The van der Waals surface area contributed by atoms with Gasteiger partial charge in [0.25, 0.3) is 0 Å². The number of urea groups is 1. The van der Waals surface area contributed by atoms with E-state index in [0.717, 1.165) is 48.8 Å². The van der Waals surface area contributed by atoms with E-state index in [1.54, 1.807) is 12.1 Å². The zero-order valence-electron chi connectivity index (χ0n) is 23.9. The normalized spacial score (nSPS) is 16.5. The number of rotatable bonds is 6. The SMILES string of the molecule is CN1CCN(Cc2ccc(NC(=O)Nc3ccc(-c4cn(C5CC5)c5ncnc(N)c45)c4ncoc34)cc2C(F)(F)F)CC1. The van der Waals surface area contributed by atoms with Gasteiger partial charge in [-0.25, -0.2) is 19.7 Å². The molecule has 1 aliphatic heterocycles. The van der Waals surface area contributed by atoms with E-state index in [1.807, 2.05) is 18.1 Å². The fraction of sp³-hybridized carbons (Fsp3) is 0.333. The summed E-state index contributed by atoms with van der Waals surface area (Å²) in [5, 5.41) is 5.93. The predicted octanol–water partition coefficient (Wildman–Crippen LogP) is 5.57. The molecule has 7 rings (SSSR count). The second kappa shape index (κ2) is 10.8. The minimum Gasteiger partial charge on any atom is -0.441 e. The number of nitrogens with two attached hydrogens (primary N) is 1. The van der Waals surface area contributed by atoms with E-state index in [1.165, 1.54) is 24.9 Å². The van der Waals surface area contributed by atoms with Gasteiger partial charge in [0.2, 0.25) is 0 Å². The number of oxazole rings is 1. The molecule has 4 N–H and O–H groups in total. The van der Waals surface area contributed by atoms with E-state index in [4.69, 9.17) is 10.2 Å². The average Bonchev–Trinajstić information content (AvgIpc) is 3.56.